The number of amides is 1. The predicted octanol–water partition coefficient (Wildman–Crippen LogP) is 2.74. The topological polar surface area (TPSA) is 67.2 Å². The largest absolute Gasteiger partial charge is 0.370 e. The molecule has 6 nitrogen and oxygen atoms in total. The molecule has 1 heterocycles. The number of aryl methyl sites for hydroxylation is 2. The molecular weight excluding hydrogens is 352 g/mol. The van der Waals surface area contributed by atoms with Gasteiger partial charge in [-0.1, -0.05) is 30.3 Å². The predicted molar refractivity (Wildman–Crippen MR) is 113 cm³/mol. The Hall–Kier alpha value is -3.15. The van der Waals surface area contributed by atoms with Gasteiger partial charge in [-0.2, -0.15) is 5.10 Å². The molecule has 1 amide bonds. The molecule has 0 spiro atoms. The van der Waals surface area contributed by atoms with Crippen LogP contribution >= 0.6 is 0 Å². The SMILES string of the molecule is CCN(CCNC(=O)CCn1ncc(=O)c2ccccc21)c1ccccc1C. The third-order valence-electron chi connectivity index (χ3n) is 4.85. The molecule has 0 aliphatic heterocycles. The number of fused-ring (bicyclic) bond motifs is 1. The van der Waals surface area contributed by atoms with Gasteiger partial charge in [-0.15, -0.1) is 0 Å². The Balaban J connectivity index is 1.53. The summed E-state index contributed by atoms with van der Waals surface area (Å²) in [4.78, 5) is 26.4. The molecule has 3 rings (SSSR count). The lowest BCUT2D eigenvalue weighted by Crippen LogP contribution is -2.35. The van der Waals surface area contributed by atoms with Crippen LogP contribution < -0.4 is 15.6 Å². The molecule has 0 aliphatic carbocycles. The van der Waals surface area contributed by atoms with Crippen LogP contribution in [0.3, 0.4) is 0 Å². The molecule has 0 aliphatic rings. The van der Waals surface area contributed by atoms with Gasteiger partial charge in [0.15, 0.2) is 0 Å². The van der Waals surface area contributed by atoms with Gasteiger partial charge in [0.1, 0.15) is 0 Å². The van der Waals surface area contributed by atoms with E-state index < -0.39 is 0 Å². The van der Waals surface area contributed by atoms with E-state index in [0.29, 0.717) is 24.9 Å². The summed E-state index contributed by atoms with van der Waals surface area (Å²) in [5.41, 5.74) is 3.07. The van der Waals surface area contributed by atoms with E-state index in [1.165, 1.54) is 17.4 Å². The maximum atomic E-state index is 12.3. The number of anilines is 1. The Bertz CT molecular complexity index is 1010. The smallest absolute Gasteiger partial charge is 0.221 e. The van der Waals surface area contributed by atoms with Crippen molar-refractivity contribution >= 4 is 22.5 Å². The molecule has 1 N–H and O–H groups in total. The maximum absolute atomic E-state index is 12.3. The van der Waals surface area contributed by atoms with E-state index in [-0.39, 0.29) is 11.3 Å². The van der Waals surface area contributed by atoms with Gasteiger partial charge in [-0.25, -0.2) is 0 Å². The number of para-hydroxylation sites is 2. The second kappa shape index (κ2) is 9.17. The highest BCUT2D eigenvalue weighted by atomic mass is 16.1. The number of carbonyl (C=O) groups is 1. The molecule has 3 aromatic rings. The van der Waals surface area contributed by atoms with Crippen molar-refractivity contribution in [2.45, 2.75) is 26.8 Å². The number of rotatable bonds is 8. The third-order valence-corrected chi connectivity index (χ3v) is 4.85. The fraction of sp³-hybridized carbons (Fsp3) is 0.318. The highest BCUT2D eigenvalue weighted by Gasteiger charge is 2.09. The van der Waals surface area contributed by atoms with Crippen LogP contribution in [0.5, 0.6) is 0 Å². The van der Waals surface area contributed by atoms with Gasteiger partial charge in [-0.3, -0.25) is 14.3 Å². The lowest BCUT2D eigenvalue weighted by Gasteiger charge is -2.25. The first kappa shape index (κ1) is 19.6. The zero-order valence-electron chi connectivity index (χ0n) is 16.4. The number of carbonyl (C=O) groups excluding carboxylic acids is 1. The van der Waals surface area contributed by atoms with E-state index in [1.807, 2.05) is 30.3 Å². The summed E-state index contributed by atoms with van der Waals surface area (Å²) in [6, 6.07) is 15.6. The van der Waals surface area contributed by atoms with E-state index >= 15 is 0 Å². The maximum Gasteiger partial charge on any atom is 0.221 e. The number of nitrogens with zero attached hydrogens (tertiary/aromatic N) is 3. The first-order chi connectivity index (χ1) is 13.6. The van der Waals surface area contributed by atoms with E-state index in [4.69, 9.17) is 0 Å². The second-order valence-electron chi connectivity index (χ2n) is 6.72. The fourth-order valence-electron chi connectivity index (χ4n) is 3.33. The molecule has 0 saturated carbocycles. The molecule has 1 aromatic heterocycles. The minimum Gasteiger partial charge on any atom is -0.370 e. The van der Waals surface area contributed by atoms with E-state index in [0.717, 1.165) is 18.6 Å². The molecule has 0 unspecified atom stereocenters. The summed E-state index contributed by atoms with van der Waals surface area (Å²) < 4.78 is 1.71. The summed E-state index contributed by atoms with van der Waals surface area (Å²) in [5.74, 6) is -0.0228. The summed E-state index contributed by atoms with van der Waals surface area (Å²) >= 11 is 0. The Morgan fingerprint density at radius 2 is 1.89 bits per heavy atom. The monoisotopic (exact) mass is 378 g/mol. The molecular formula is C22H26N4O2. The number of benzene rings is 2. The summed E-state index contributed by atoms with van der Waals surface area (Å²) in [6.45, 7) is 6.86. The zero-order chi connectivity index (χ0) is 19.9. The second-order valence-corrected chi connectivity index (χ2v) is 6.72. The van der Waals surface area contributed by atoms with Gasteiger partial charge >= 0.3 is 0 Å². The number of aromatic nitrogens is 2. The molecule has 0 fully saturated rings. The van der Waals surface area contributed by atoms with Crippen LogP contribution in [0.25, 0.3) is 10.9 Å². The van der Waals surface area contributed by atoms with Crippen LogP contribution in [-0.4, -0.2) is 35.3 Å². The molecule has 2 aromatic carbocycles. The van der Waals surface area contributed by atoms with Crippen molar-refractivity contribution in [3.8, 4) is 0 Å². The molecule has 0 atom stereocenters. The number of likely N-dealkylation sites (N-methyl/N-ethyl adjacent to an activating group) is 1. The van der Waals surface area contributed by atoms with Crippen molar-refractivity contribution in [3.05, 3.63) is 70.5 Å². The van der Waals surface area contributed by atoms with Crippen LogP contribution in [0.15, 0.2) is 59.5 Å². The zero-order valence-corrected chi connectivity index (χ0v) is 16.4. The quantitative estimate of drug-likeness (QED) is 0.654. The van der Waals surface area contributed by atoms with Crippen molar-refractivity contribution in [1.82, 2.24) is 15.1 Å². The first-order valence-corrected chi connectivity index (χ1v) is 9.62. The summed E-state index contributed by atoms with van der Waals surface area (Å²) in [6.07, 6.45) is 1.62. The summed E-state index contributed by atoms with van der Waals surface area (Å²) in [5, 5.41) is 7.77. The Kier molecular flexibility index (Phi) is 6.42. The molecule has 146 valence electrons. The number of hydrogen-bond acceptors (Lipinski definition) is 4. The van der Waals surface area contributed by atoms with Crippen LogP contribution in [-0.2, 0) is 11.3 Å². The van der Waals surface area contributed by atoms with Crippen LogP contribution in [0.4, 0.5) is 5.69 Å². The standard InChI is InChI=1S/C22H26N4O2/c1-3-25(19-10-6-4-8-17(19)2)15-13-23-22(28)12-14-26-20-11-7-5-9-18(20)21(27)16-24-26/h4-11,16H,3,12-15H2,1-2H3,(H,23,28). The van der Waals surface area contributed by atoms with E-state index in [9.17, 15) is 9.59 Å². The number of hydrogen-bond donors (Lipinski definition) is 1. The fourth-order valence-corrected chi connectivity index (χ4v) is 3.33. The highest BCUT2D eigenvalue weighted by molar-refractivity contribution is 5.79. The lowest BCUT2D eigenvalue weighted by molar-refractivity contribution is -0.121. The van der Waals surface area contributed by atoms with Gasteiger partial charge in [0.25, 0.3) is 0 Å². The van der Waals surface area contributed by atoms with Crippen LogP contribution in [0.1, 0.15) is 18.9 Å². The van der Waals surface area contributed by atoms with Gasteiger partial charge in [0.05, 0.1) is 18.3 Å². The van der Waals surface area contributed by atoms with Crippen molar-refractivity contribution in [2.75, 3.05) is 24.5 Å². The lowest BCUT2D eigenvalue weighted by atomic mass is 10.2. The third kappa shape index (κ3) is 4.57. The van der Waals surface area contributed by atoms with Crippen molar-refractivity contribution in [1.29, 1.82) is 0 Å². The molecule has 28 heavy (non-hydrogen) atoms. The number of nitrogens with one attached hydrogen (secondary N) is 1. The minimum atomic E-state index is -0.104. The van der Waals surface area contributed by atoms with Gasteiger partial charge in [0.2, 0.25) is 11.3 Å². The average molecular weight is 378 g/mol. The van der Waals surface area contributed by atoms with Crippen molar-refractivity contribution in [3.63, 3.8) is 0 Å². The van der Waals surface area contributed by atoms with Crippen LogP contribution in [0, 0.1) is 6.92 Å². The molecule has 0 radical (unpaired) electrons. The van der Waals surface area contributed by atoms with E-state index in [1.54, 1.807) is 10.7 Å². The highest BCUT2D eigenvalue weighted by Crippen LogP contribution is 2.18. The van der Waals surface area contributed by atoms with Crippen molar-refractivity contribution in [2.24, 2.45) is 0 Å². The van der Waals surface area contributed by atoms with Gasteiger partial charge in [-0.05, 0) is 37.6 Å². The molecule has 0 saturated heterocycles. The Morgan fingerprint density at radius 3 is 2.68 bits per heavy atom. The molecule has 0 bridgehead atoms. The normalized spacial score (nSPS) is 10.8. The average Bonchev–Trinajstić information content (AvgIpc) is 2.72. The van der Waals surface area contributed by atoms with Gasteiger partial charge in [0, 0.05) is 37.1 Å². The Labute approximate surface area is 164 Å². The summed E-state index contributed by atoms with van der Waals surface area (Å²) in [7, 11) is 0. The Morgan fingerprint density at radius 1 is 1.14 bits per heavy atom. The first-order valence-electron chi connectivity index (χ1n) is 9.62. The van der Waals surface area contributed by atoms with Crippen molar-refractivity contribution < 1.29 is 4.79 Å². The van der Waals surface area contributed by atoms with Gasteiger partial charge < -0.3 is 10.2 Å². The van der Waals surface area contributed by atoms with Crippen LogP contribution in [0.2, 0.25) is 0 Å². The molecule has 6 heteroatoms. The minimum absolute atomic E-state index is 0.0228. The van der Waals surface area contributed by atoms with E-state index in [2.05, 4.69) is 41.3 Å².